The number of rotatable bonds is 2. The van der Waals surface area contributed by atoms with Crippen molar-refractivity contribution < 1.29 is 0 Å². The van der Waals surface area contributed by atoms with Gasteiger partial charge in [-0.2, -0.15) is 5.53 Å². The molecule has 2 aromatic heterocycles. The van der Waals surface area contributed by atoms with Crippen molar-refractivity contribution in [2.24, 2.45) is 10.3 Å². The van der Waals surface area contributed by atoms with Crippen LogP contribution in [0.1, 0.15) is 5.69 Å². The quantitative estimate of drug-likeness (QED) is 0.870. The SMILES string of the molecule is C1=C(c2ccccn2)N=NNN1c1ccccn1. The van der Waals surface area contributed by atoms with Crippen LogP contribution in [-0.4, -0.2) is 9.97 Å². The van der Waals surface area contributed by atoms with Crippen LogP contribution in [0.25, 0.3) is 5.70 Å². The second-order valence-corrected chi connectivity index (χ2v) is 3.59. The Hall–Kier alpha value is -2.76. The van der Waals surface area contributed by atoms with Gasteiger partial charge in [0.25, 0.3) is 0 Å². The van der Waals surface area contributed by atoms with Crippen LogP contribution in [0.15, 0.2) is 65.3 Å². The first-order chi connectivity index (χ1) is 8.93. The number of nitrogens with one attached hydrogen (secondary N) is 1. The molecule has 0 aromatic carbocycles. The van der Waals surface area contributed by atoms with Crippen molar-refractivity contribution in [1.29, 1.82) is 0 Å². The third kappa shape index (κ3) is 2.03. The second-order valence-electron chi connectivity index (χ2n) is 3.59. The summed E-state index contributed by atoms with van der Waals surface area (Å²) in [6.07, 6.45) is 5.24. The van der Waals surface area contributed by atoms with Gasteiger partial charge in [-0.3, -0.25) is 4.98 Å². The monoisotopic (exact) mass is 238 g/mol. The van der Waals surface area contributed by atoms with Gasteiger partial charge in [0.05, 0.1) is 11.9 Å². The second kappa shape index (κ2) is 4.62. The van der Waals surface area contributed by atoms with Crippen molar-refractivity contribution in [2.75, 3.05) is 5.01 Å². The normalized spacial score (nSPS) is 14.0. The first kappa shape index (κ1) is 10.4. The van der Waals surface area contributed by atoms with E-state index in [1.807, 2.05) is 36.4 Å². The van der Waals surface area contributed by atoms with Gasteiger partial charge < -0.3 is 0 Å². The van der Waals surface area contributed by atoms with Gasteiger partial charge in [-0.1, -0.05) is 17.4 Å². The molecular formula is C12H10N6. The van der Waals surface area contributed by atoms with Gasteiger partial charge in [0.2, 0.25) is 0 Å². The minimum atomic E-state index is 0.681. The van der Waals surface area contributed by atoms with Gasteiger partial charge in [-0.05, 0) is 24.3 Å². The Morgan fingerprint density at radius 3 is 2.50 bits per heavy atom. The van der Waals surface area contributed by atoms with Gasteiger partial charge in [0, 0.05) is 12.4 Å². The van der Waals surface area contributed by atoms with Crippen LogP contribution in [0.5, 0.6) is 0 Å². The molecule has 1 aliphatic rings. The lowest BCUT2D eigenvalue weighted by Crippen LogP contribution is -2.31. The van der Waals surface area contributed by atoms with Crippen molar-refractivity contribution in [3.8, 4) is 0 Å². The number of hydrogen-bond acceptors (Lipinski definition) is 6. The standard InChI is InChI=1S/C12H10N6/c1-3-7-13-10(5-1)11-9-18(17-16-15-11)12-6-2-4-8-14-12/h1-9H,(H,15,17). The number of aromatic nitrogens is 2. The van der Waals surface area contributed by atoms with Gasteiger partial charge in [0.15, 0.2) is 5.82 Å². The van der Waals surface area contributed by atoms with E-state index in [-0.39, 0.29) is 0 Å². The maximum atomic E-state index is 4.23. The van der Waals surface area contributed by atoms with E-state index in [1.165, 1.54) is 0 Å². The summed E-state index contributed by atoms with van der Waals surface area (Å²) in [4.78, 5) is 8.46. The van der Waals surface area contributed by atoms with Crippen LogP contribution in [0.4, 0.5) is 5.82 Å². The fourth-order valence-electron chi connectivity index (χ4n) is 1.55. The molecule has 0 saturated carbocycles. The molecule has 2 aromatic rings. The maximum absolute atomic E-state index is 4.23. The molecule has 0 spiro atoms. The molecule has 6 nitrogen and oxygen atoms in total. The Morgan fingerprint density at radius 2 is 1.78 bits per heavy atom. The zero-order chi connectivity index (χ0) is 12.2. The Bertz CT molecular complexity index is 578. The summed E-state index contributed by atoms with van der Waals surface area (Å²) >= 11 is 0. The average Bonchev–Trinajstić information content (AvgIpc) is 2.49. The molecule has 0 amide bonds. The van der Waals surface area contributed by atoms with Crippen molar-refractivity contribution >= 4 is 11.5 Å². The summed E-state index contributed by atoms with van der Waals surface area (Å²) in [5.41, 5.74) is 4.21. The molecule has 3 rings (SSSR count). The van der Waals surface area contributed by atoms with E-state index >= 15 is 0 Å². The molecule has 0 atom stereocenters. The van der Waals surface area contributed by atoms with Crippen LogP contribution in [0.2, 0.25) is 0 Å². The zero-order valence-electron chi connectivity index (χ0n) is 9.43. The fraction of sp³-hybridized carbons (Fsp3) is 0. The average molecular weight is 238 g/mol. The van der Waals surface area contributed by atoms with Crippen LogP contribution in [0, 0.1) is 0 Å². The third-order valence-corrected chi connectivity index (χ3v) is 2.39. The predicted molar refractivity (Wildman–Crippen MR) is 66.9 cm³/mol. The molecule has 0 unspecified atom stereocenters. The first-order valence-corrected chi connectivity index (χ1v) is 5.43. The molecule has 1 N–H and O–H groups in total. The van der Waals surface area contributed by atoms with E-state index in [9.17, 15) is 0 Å². The van der Waals surface area contributed by atoms with Crippen LogP contribution in [0.3, 0.4) is 0 Å². The summed E-state index contributed by atoms with van der Waals surface area (Å²) in [5.74, 6) is 0.740. The Balaban J connectivity index is 1.93. The Labute approximate surface area is 104 Å². The number of anilines is 1. The molecule has 0 radical (unpaired) electrons. The molecule has 3 heterocycles. The Kier molecular flexibility index (Phi) is 2.67. The predicted octanol–water partition coefficient (Wildman–Crippen LogP) is 2.17. The summed E-state index contributed by atoms with van der Waals surface area (Å²) in [7, 11) is 0. The van der Waals surface area contributed by atoms with Gasteiger partial charge in [-0.15, -0.1) is 5.11 Å². The molecule has 0 aliphatic carbocycles. The van der Waals surface area contributed by atoms with Crippen LogP contribution >= 0.6 is 0 Å². The lowest BCUT2D eigenvalue weighted by molar-refractivity contribution is 0.681. The summed E-state index contributed by atoms with van der Waals surface area (Å²) < 4.78 is 0. The van der Waals surface area contributed by atoms with E-state index in [2.05, 4.69) is 25.8 Å². The van der Waals surface area contributed by atoms with Crippen LogP contribution in [-0.2, 0) is 0 Å². The lowest BCUT2D eigenvalue weighted by atomic mass is 10.3. The third-order valence-electron chi connectivity index (χ3n) is 2.39. The van der Waals surface area contributed by atoms with Gasteiger partial charge in [-0.25, -0.2) is 9.99 Å². The highest BCUT2D eigenvalue weighted by atomic mass is 15.7. The molecule has 6 heteroatoms. The van der Waals surface area contributed by atoms with Crippen molar-refractivity contribution in [3.63, 3.8) is 0 Å². The summed E-state index contributed by atoms with van der Waals surface area (Å²) in [6, 6.07) is 11.3. The number of nitrogens with zero attached hydrogens (tertiary/aromatic N) is 5. The van der Waals surface area contributed by atoms with Crippen molar-refractivity contribution in [3.05, 3.63) is 60.7 Å². The molecule has 88 valence electrons. The minimum Gasteiger partial charge on any atom is -0.254 e. The van der Waals surface area contributed by atoms with Gasteiger partial charge >= 0.3 is 0 Å². The highest BCUT2D eigenvalue weighted by molar-refractivity contribution is 5.64. The highest BCUT2D eigenvalue weighted by Crippen LogP contribution is 2.19. The van der Waals surface area contributed by atoms with Gasteiger partial charge in [0.1, 0.15) is 5.70 Å². The first-order valence-electron chi connectivity index (χ1n) is 5.43. The summed E-state index contributed by atoms with van der Waals surface area (Å²) in [6.45, 7) is 0. The number of hydrogen-bond donors (Lipinski definition) is 1. The van der Waals surface area contributed by atoms with Crippen molar-refractivity contribution in [1.82, 2.24) is 15.5 Å². The van der Waals surface area contributed by atoms with E-state index in [0.717, 1.165) is 11.5 Å². The smallest absolute Gasteiger partial charge is 0.152 e. The van der Waals surface area contributed by atoms with E-state index in [0.29, 0.717) is 5.70 Å². The molecule has 0 bridgehead atoms. The molecule has 0 saturated heterocycles. The molecule has 18 heavy (non-hydrogen) atoms. The number of hydrazine groups is 1. The van der Waals surface area contributed by atoms with E-state index < -0.39 is 0 Å². The largest absolute Gasteiger partial charge is 0.254 e. The number of pyridine rings is 2. The van der Waals surface area contributed by atoms with Crippen molar-refractivity contribution in [2.45, 2.75) is 0 Å². The summed E-state index contributed by atoms with van der Waals surface area (Å²) in [5, 5.41) is 9.56. The zero-order valence-corrected chi connectivity index (χ0v) is 9.43. The maximum Gasteiger partial charge on any atom is 0.152 e. The molecular weight excluding hydrogens is 228 g/mol. The van der Waals surface area contributed by atoms with E-state index in [1.54, 1.807) is 23.6 Å². The Morgan fingerprint density at radius 1 is 0.944 bits per heavy atom. The van der Waals surface area contributed by atoms with E-state index in [4.69, 9.17) is 0 Å². The molecule has 1 aliphatic heterocycles. The van der Waals surface area contributed by atoms with Crippen LogP contribution < -0.4 is 10.5 Å². The fourth-order valence-corrected chi connectivity index (χ4v) is 1.55. The lowest BCUT2D eigenvalue weighted by Gasteiger charge is -2.20. The highest BCUT2D eigenvalue weighted by Gasteiger charge is 2.11. The topological polar surface area (TPSA) is 65.8 Å². The molecule has 0 fully saturated rings. The minimum absolute atomic E-state index is 0.681.